The van der Waals surface area contributed by atoms with Crippen LogP contribution in [0.4, 0.5) is 10.8 Å². The Morgan fingerprint density at radius 2 is 1.78 bits per heavy atom. The summed E-state index contributed by atoms with van der Waals surface area (Å²) in [4.78, 5) is 0.705. The van der Waals surface area contributed by atoms with Crippen LogP contribution in [0.1, 0.15) is 0 Å². The predicted molar refractivity (Wildman–Crippen MR) is 93.8 cm³/mol. The molecule has 0 saturated heterocycles. The van der Waals surface area contributed by atoms with E-state index >= 15 is 0 Å². The molecule has 0 atom stereocenters. The molecule has 2 aromatic carbocycles. The van der Waals surface area contributed by atoms with Crippen molar-refractivity contribution in [3.05, 3.63) is 58.6 Å². The zero-order valence-corrected chi connectivity index (χ0v) is 13.9. The van der Waals surface area contributed by atoms with Crippen molar-refractivity contribution >= 4 is 50.3 Å². The van der Waals surface area contributed by atoms with Crippen LogP contribution < -0.4 is 5.32 Å². The minimum absolute atomic E-state index is 0.647. The second kappa shape index (κ2) is 5.81. The highest BCUT2D eigenvalue weighted by atomic mass is 35.5. The van der Waals surface area contributed by atoms with Crippen molar-refractivity contribution in [2.24, 2.45) is 0 Å². The minimum Gasteiger partial charge on any atom is -0.330 e. The van der Waals surface area contributed by atoms with E-state index in [1.165, 1.54) is 11.3 Å². The van der Waals surface area contributed by atoms with Gasteiger partial charge in [-0.25, -0.2) is 0 Å². The maximum absolute atomic E-state index is 6.04. The number of anilines is 2. The smallest absolute Gasteiger partial charge is 0.236 e. The molecular formula is C15H9Cl2N5S. The van der Waals surface area contributed by atoms with Crippen LogP contribution in [0.25, 0.3) is 16.3 Å². The molecule has 0 unspecified atom stereocenters. The highest BCUT2D eigenvalue weighted by Crippen LogP contribution is 2.27. The van der Waals surface area contributed by atoms with Gasteiger partial charge in [0.25, 0.3) is 0 Å². The van der Waals surface area contributed by atoms with Gasteiger partial charge in [0, 0.05) is 21.3 Å². The number of halogens is 2. The zero-order chi connectivity index (χ0) is 15.8. The number of nitrogens with zero attached hydrogens (tertiary/aromatic N) is 4. The summed E-state index contributed by atoms with van der Waals surface area (Å²) in [5.41, 5.74) is 1.78. The standard InChI is InChI=1S/C15H9Cl2N5S/c16-10-4-6-12(7-5-10)18-14-21-22-13(19-20-15(22)23-14)9-2-1-3-11(17)8-9/h1-8H,(H,18,21). The van der Waals surface area contributed by atoms with Crippen LogP contribution in [-0.2, 0) is 0 Å². The molecule has 0 aliphatic rings. The second-order valence-corrected chi connectivity index (χ2v) is 6.60. The topological polar surface area (TPSA) is 55.1 Å². The van der Waals surface area contributed by atoms with Crippen molar-refractivity contribution in [3.8, 4) is 11.4 Å². The SMILES string of the molecule is Clc1ccc(Nc2nn3c(-c4cccc(Cl)c4)nnc3s2)cc1. The predicted octanol–water partition coefficient (Wildman–Crippen LogP) is 4.90. The van der Waals surface area contributed by atoms with Gasteiger partial charge < -0.3 is 5.32 Å². The van der Waals surface area contributed by atoms with Crippen molar-refractivity contribution in [2.75, 3.05) is 5.32 Å². The number of aromatic nitrogens is 4. The molecule has 4 aromatic rings. The molecule has 0 aliphatic carbocycles. The van der Waals surface area contributed by atoms with Gasteiger partial charge >= 0.3 is 0 Å². The quantitative estimate of drug-likeness (QED) is 0.563. The molecule has 0 saturated carbocycles. The lowest BCUT2D eigenvalue weighted by Crippen LogP contribution is -1.94. The van der Waals surface area contributed by atoms with E-state index in [2.05, 4.69) is 20.6 Å². The molecule has 8 heteroatoms. The van der Waals surface area contributed by atoms with E-state index in [1.54, 1.807) is 4.52 Å². The Bertz CT molecular complexity index is 977. The van der Waals surface area contributed by atoms with Gasteiger partial charge in [-0.15, -0.1) is 15.3 Å². The van der Waals surface area contributed by atoms with E-state index in [0.29, 0.717) is 20.8 Å². The summed E-state index contributed by atoms with van der Waals surface area (Å²) in [6.45, 7) is 0. The van der Waals surface area contributed by atoms with E-state index in [9.17, 15) is 0 Å². The molecular weight excluding hydrogens is 353 g/mol. The van der Waals surface area contributed by atoms with Crippen LogP contribution in [-0.4, -0.2) is 19.8 Å². The molecule has 2 aromatic heterocycles. The van der Waals surface area contributed by atoms with Gasteiger partial charge in [-0.1, -0.05) is 46.7 Å². The van der Waals surface area contributed by atoms with Gasteiger partial charge in [-0.2, -0.15) is 4.52 Å². The van der Waals surface area contributed by atoms with E-state index in [4.69, 9.17) is 23.2 Å². The highest BCUT2D eigenvalue weighted by molar-refractivity contribution is 7.20. The molecule has 0 spiro atoms. The molecule has 23 heavy (non-hydrogen) atoms. The fourth-order valence-electron chi connectivity index (χ4n) is 2.13. The maximum atomic E-state index is 6.04. The minimum atomic E-state index is 0.647. The molecule has 0 aliphatic heterocycles. The number of nitrogens with one attached hydrogen (secondary N) is 1. The first-order chi connectivity index (χ1) is 11.2. The van der Waals surface area contributed by atoms with Gasteiger partial charge in [-0.3, -0.25) is 0 Å². The fraction of sp³-hybridized carbons (Fsp3) is 0. The van der Waals surface area contributed by atoms with E-state index in [1.807, 2.05) is 48.5 Å². The van der Waals surface area contributed by atoms with Crippen LogP contribution in [0.15, 0.2) is 48.5 Å². The largest absolute Gasteiger partial charge is 0.330 e. The van der Waals surface area contributed by atoms with Crippen molar-refractivity contribution in [1.82, 2.24) is 19.8 Å². The van der Waals surface area contributed by atoms with Crippen LogP contribution in [0.2, 0.25) is 10.0 Å². The third-order valence-corrected chi connectivity index (χ3v) is 4.47. The molecule has 1 N–H and O–H groups in total. The Morgan fingerprint density at radius 3 is 2.57 bits per heavy atom. The van der Waals surface area contributed by atoms with Gasteiger partial charge in [0.15, 0.2) is 5.82 Å². The highest BCUT2D eigenvalue weighted by Gasteiger charge is 2.13. The molecule has 0 amide bonds. The third-order valence-electron chi connectivity index (χ3n) is 3.17. The Labute approximate surface area is 145 Å². The first-order valence-corrected chi connectivity index (χ1v) is 8.27. The summed E-state index contributed by atoms with van der Waals surface area (Å²) in [5.74, 6) is 0.655. The lowest BCUT2D eigenvalue weighted by atomic mass is 10.2. The van der Waals surface area contributed by atoms with E-state index in [0.717, 1.165) is 16.4 Å². The number of hydrogen-bond acceptors (Lipinski definition) is 5. The number of benzene rings is 2. The zero-order valence-electron chi connectivity index (χ0n) is 11.6. The van der Waals surface area contributed by atoms with E-state index < -0.39 is 0 Å². The molecule has 0 radical (unpaired) electrons. The molecule has 2 heterocycles. The summed E-state index contributed by atoms with van der Waals surface area (Å²) in [6.07, 6.45) is 0. The van der Waals surface area contributed by atoms with Gasteiger partial charge in [0.2, 0.25) is 10.1 Å². The molecule has 0 fully saturated rings. The molecule has 5 nitrogen and oxygen atoms in total. The Kier molecular flexibility index (Phi) is 3.65. The monoisotopic (exact) mass is 361 g/mol. The molecule has 4 rings (SSSR count). The average Bonchev–Trinajstić information content (AvgIpc) is 3.09. The van der Waals surface area contributed by atoms with Crippen LogP contribution in [0.5, 0.6) is 0 Å². The van der Waals surface area contributed by atoms with Crippen molar-refractivity contribution in [1.29, 1.82) is 0 Å². The average molecular weight is 362 g/mol. The third kappa shape index (κ3) is 2.88. The summed E-state index contributed by atoms with van der Waals surface area (Å²) in [6, 6.07) is 14.9. The number of rotatable bonds is 3. The first kappa shape index (κ1) is 14.4. The van der Waals surface area contributed by atoms with Crippen LogP contribution >= 0.6 is 34.5 Å². The number of hydrogen-bond donors (Lipinski definition) is 1. The lowest BCUT2D eigenvalue weighted by molar-refractivity contribution is 0.970. The summed E-state index contributed by atoms with van der Waals surface area (Å²) < 4.78 is 1.70. The molecule has 0 bridgehead atoms. The second-order valence-electron chi connectivity index (χ2n) is 4.77. The van der Waals surface area contributed by atoms with Crippen LogP contribution in [0, 0.1) is 0 Å². The first-order valence-electron chi connectivity index (χ1n) is 6.70. The normalized spacial score (nSPS) is 11.0. The van der Waals surface area contributed by atoms with Gasteiger partial charge in [0.1, 0.15) is 0 Å². The summed E-state index contributed by atoms with van der Waals surface area (Å²) >= 11 is 13.3. The van der Waals surface area contributed by atoms with Gasteiger partial charge in [-0.05, 0) is 36.4 Å². The Balaban J connectivity index is 1.70. The lowest BCUT2D eigenvalue weighted by Gasteiger charge is -2.01. The fourth-order valence-corrected chi connectivity index (χ4v) is 3.21. The summed E-state index contributed by atoms with van der Waals surface area (Å²) in [7, 11) is 0. The van der Waals surface area contributed by atoms with Crippen molar-refractivity contribution < 1.29 is 0 Å². The van der Waals surface area contributed by atoms with Crippen molar-refractivity contribution in [3.63, 3.8) is 0 Å². The van der Waals surface area contributed by atoms with Gasteiger partial charge in [0.05, 0.1) is 0 Å². The number of fused-ring (bicyclic) bond motifs is 1. The van der Waals surface area contributed by atoms with E-state index in [-0.39, 0.29) is 0 Å². The van der Waals surface area contributed by atoms with Crippen molar-refractivity contribution in [2.45, 2.75) is 0 Å². The Morgan fingerprint density at radius 1 is 0.957 bits per heavy atom. The summed E-state index contributed by atoms with van der Waals surface area (Å²) in [5, 5.41) is 18.2. The van der Waals surface area contributed by atoms with Crippen LogP contribution in [0.3, 0.4) is 0 Å². The Hall–Kier alpha value is -2.15. The molecule has 114 valence electrons. The maximum Gasteiger partial charge on any atom is 0.236 e.